The number of carbonyl (C=O) groups excluding carboxylic acids is 1. The smallest absolute Gasteiger partial charge is 0.228 e. The fraction of sp³-hybridized carbons (Fsp3) is 0.917. The highest BCUT2D eigenvalue weighted by atomic mass is 35.5. The first-order chi connectivity index (χ1) is 7.22. The molecule has 2 aliphatic rings. The summed E-state index contributed by atoms with van der Waals surface area (Å²) in [6.07, 6.45) is 5.49. The van der Waals surface area contributed by atoms with E-state index in [0.29, 0.717) is 11.9 Å². The van der Waals surface area contributed by atoms with Crippen molar-refractivity contribution in [1.82, 2.24) is 10.2 Å². The Morgan fingerprint density at radius 2 is 1.94 bits per heavy atom. The zero-order valence-electron chi connectivity index (χ0n) is 10.3. The molecule has 0 spiro atoms. The lowest BCUT2D eigenvalue weighted by Gasteiger charge is -2.34. The predicted octanol–water partition coefficient (Wildman–Crippen LogP) is 1.81. The lowest BCUT2D eigenvalue weighted by atomic mass is 9.98. The molecule has 0 atom stereocenters. The molecule has 1 amide bonds. The first kappa shape index (κ1) is 13.8. The lowest BCUT2D eigenvalue weighted by molar-refractivity contribution is -0.138. The van der Waals surface area contributed by atoms with Gasteiger partial charge in [-0.3, -0.25) is 4.79 Å². The van der Waals surface area contributed by atoms with Gasteiger partial charge >= 0.3 is 0 Å². The van der Waals surface area contributed by atoms with Gasteiger partial charge in [0, 0.05) is 24.5 Å². The summed E-state index contributed by atoms with van der Waals surface area (Å²) in [5.74, 6) is 0.430. The maximum atomic E-state index is 12.2. The van der Waals surface area contributed by atoms with Crippen LogP contribution in [0.25, 0.3) is 0 Å². The Kier molecular flexibility index (Phi) is 4.62. The first-order valence-electron chi connectivity index (χ1n) is 6.18. The molecular weight excluding hydrogens is 224 g/mol. The zero-order valence-corrected chi connectivity index (χ0v) is 11.1. The van der Waals surface area contributed by atoms with E-state index in [1.807, 2.05) is 7.05 Å². The largest absolute Gasteiger partial charge is 0.342 e. The zero-order chi connectivity index (χ0) is 10.9. The van der Waals surface area contributed by atoms with Gasteiger partial charge in [0.1, 0.15) is 0 Å². The van der Waals surface area contributed by atoms with Gasteiger partial charge in [-0.1, -0.05) is 6.92 Å². The number of nitrogens with zero attached hydrogens (tertiary/aromatic N) is 1. The summed E-state index contributed by atoms with van der Waals surface area (Å²) in [6.45, 7) is 4.05. The lowest BCUT2D eigenvalue weighted by Crippen LogP contribution is -2.46. The molecular formula is C12H23ClN2O. The van der Waals surface area contributed by atoms with Gasteiger partial charge in [0.05, 0.1) is 0 Å². The normalized spacial score (nSPS) is 23.8. The van der Waals surface area contributed by atoms with Gasteiger partial charge in [-0.05, 0) is 39.2 Å². The number of rotatable bonds is 3. The molecule has 2 rings (SSSR count). The monoisotopic (exact) mass is 246 g/mol. The van der Waals surface area contributed by atoms with Crippen LogP contribution in [0.1, 0.15) is 39.0 Å². The minimum atomic E-state index is 0. The van der Waals surface area contributed by atoms with Gasteiger partial charge in [-0.15, -0.1) is 12.4 Å². The standard InChI is InChI=1S/C12H22N2O.ClH/c1-3-12(6-7-12)11(15)14-8-4-10(13-2)5-9-14;/h10,13H,3-9H2,1-2H3;1H. The van der Waals surface area contributed by atoms with Gasteiger partial charge in [-0.25, -0.2) is 0 Å². The molecule has 0 bridgehead atoms. The Hall–Kier alpha value is -0.280. The van der Waals surface area contributed by atoms with E-state index >= 15 is 0 Å². The van der Waals surface area contributed by atoms with E-state index in [9.17, 15) is 4.79 Å². The van der Waals surface area contributed by atoms with Crippen LogP contribution < -0.4 is 5.32 Å². The molecule has 1 saturated carbocycles. The number of piperidine rings is 1. The van der Waals surface area contributed by atoms with Crippen molar-refractivity contribution in [3.05, 3.63) is 0 Å². The first-order valence-corrected chi connectivity index (χ1v) is 6.18. The highest BCUT2D eigenvalue weighted by Crippen LogP contribution is 2.50. The van der Waals surface area contributed by atoms with E-state index in [1.165, 1.54) is 0 Å². The van der Waals surface area contributed by atoms with E-state index in [0.717, 1.165) is 45.2 Å². The third-order valence-corrected chi connectivity index (χ3v) is 4.17. The Morgan fingerprint density at radius 3 is 2.31 bits per heavy atom. The van der Waals surface area contributed by atoms with E-state index in [4.69, 9.17) is 0 Å². The van der Waals surface area contributed by atoms with Crippen LogP contribution in [0.5, 0.6) is 0 Å². The molecule has 1 aliphatic carbocycles. The third kappa shape index (κ3) is 2.51. The molecule has 0 aromatic rings. The maximum Gasteiger partial charge on any atom is 0.228 e. The molecule has 4 heteroatoms. The number of likely N-dealkylation sites (tertiary alicyclic amines) is 1. The van der Waals surface area contributed by atoms with E-state index in [2.05, 4.69) is 17.1 Å². The fourth-order valence-electron chi connectivity index (χ4n) is 2.58. The number of hydrogen-bond donors (Lipinski definition) is 1. The summed E-state index contributed by atoms with van der Waals surface area (Å²) in [5.41, 5.74) is 0.0620. The highest BCUT2D eigenvalue weighted by Gasteiger charge is 2.50. The predicted molar refractivity (Wildman–Crippen MR) is 67.9 cm³/mol. The van der Waals surface area contributed by atoms with Crippen LogP contribution in [-0.2, 0) is 4.79 Å². The topological polar surface area (TPSA) is 32.3 Å². The average molecular weight is 247 g/mol. The summed E-state index contributed by atoms with van der Waals surface area (Å²) in [5, 5.41) is 3.29. The van der Waals surface area contributed by atoms with Crippen molar-refractivity contribution in [2.24, 2.45) is 5.41 Å². The van der Waals surface area contributed by atoms with Crippen LogP contribution in [-0.4, -0.2) is 37.0 Å². The molecule has 0 aromatic heterocycles. The van der Waals surface area contributed by atoms with Crippen molar-refractivity contribution < 1.29 is 4.79 Å². The second-order valence-electron chi connectivity index (χ2n) is 4.99. The Morgan fingerprint density at radius 1 is 1.38 bits per heavy atom. The quantitative estimate of drug-likeness (QED) is 0.824. The fourth-order valence-corrected chi connectivity index (χ4v) is 2.58. The number of carbonyl (C=O) groups is 1. The van der Waals surface area contributed by atoms with Crippen molar-refractivity contribution in [2.75, 3.05) is 20.1 Å². The van der Waals surface area contributed by atoms with E-state index in [-0.39, 0.29) is 17.8 Å². The molecule has 0 aromatic carbocycles. The molecule has 3 nitrogen and oxygen atoms in total. The summed E-state index contributed by atoms with van der Waals surface area (Å²) in [7, 11) is 2.01. The number of halogens is 1. The summed E-state index contributed by atoms with van der Waals surface area (Å²) in [4.78, 5) is 14.3. The molecule has 2 fully saturated rings. The minimum Gasteiger partial charge on any atom is -0.342 e. The summed E-state index contributed by atoms with van der Waals surface area (Å²) in [6, 6.07) is 0.617. The molecule has 1 N–H and O–H groups in total. The van der Waals surface area contributed by atoms with Gasteiger partial charge in [0.25, 0.3) is 0 Å². The van der Waals surface area contributed by atoms with Gasteiger partial charge in [-0.2, -0.15) is 0 Å². The molecule has 0 radical (unpaired) electrons. The van der Waals surface area contributed by atoms with Crippen LogP contribution >= 0.6 is 12.4 Å². The van der Waals surface area contributed by atoms with E-state index < -0.39 is 0 Å². The molecule has 1 aliphatic heterocycles. The highest BCUT2D eigenvalue weighted by molar-refractivity contribution is 5.85. The van der Waals surface area contributed by atoms with Crippen molar-refractivity contribution in [3.8, 4) is 0 Å². The maximum absolute atomic E-state index is 12.2. The van der Waals surface area contributed by atoms with Gasteiger partial charge in [0.15, 0.2) is 0 Å². The van der Waals surface area contributed by atoms with Crippen LogP contribution in [0.3, 0.4) is 0 Å². The number of hydrogen-bond acceptors (Lipinski definition) is 2. The summed E-state index contributed by atoms with van der Waals surface area (Å²) < 4.78 is 0. The second-order valence-corrected chi connectivity index (χ2v) is 4.99. The second kappa shape index (κ2) is 5.37. The van der Waals surface area contributed by atoms with Crippen LogP contribution in [0, 0.1) is 5.41 Å². The average Bonchev–Trinajstić information content (AvgIpc) is 3.09. The Bertz CT molecular complexity index is 245. The number of nitrogens with one attached hydrogen (secondary N) is 1. The van der Waals surface area contributed by atoms with Crippen LogP contribution in [0.2, 0.25) is 0 Å². The van der Waals surface area contributed by atoms with E-state index in [1.54, 1.807) is 0 Å². The Balaban J connectivity index is 0.00000128. The van der Waals surface area contributed by atoms with Crippen molar-refractivity contribution in [3.63, 3.8) is 0 Å². The van der Waals surface area contributed by atoms with Gasteiger partial charge in [0.2, 0.25) is 5.91 Å². The third-order valence-electron chi connectivity index (χ3n) is 4.17. The molecule has 1 saturated heterocycles. The molecule has 0 unspecified atom stereocenters. The van der Waals surface area contributed by atoms with Gasteiger partial charge < -0.3 is 10.2 Å². The SMILES string of the molecule is CCC1(C(=O)N2CCC(NC)CC2)CC1.Cl. The van der Waals surface area contributed by atoms with Crippen molar-refractivity contribution >= 4 is 18.3 Å². The number of amides is 1. The Labute approximate surface area is 104 Å². The molecule has 1 heterocycles. The van der Waals surface area contributed by atoms with Crippen molar-refractivity contribution in [2.45, 2.75) is 45.1 Å². The van der Waals surface area contributed by atoms with Crippen LogP contribution in [0.4, 0.5) is 0 Å². The van der Waals surface area contributed by atoms with Crippen molar-refractivity contribution in [1.29, 1.82) is 0 Å². The minimum absolute atomic E-state index is 0. The summed E-state index contributed by atoms with van der Waals surface area (Å²) >= 11 is 0. The molecule has 94 valence electrons. The molecule has 16 heavy (non-hydrogen) atoms. The van der Waals surface area contributed by atoms with Crippen LogP contribution in [0.15, 0.2) is 0 Å².